The number of hydrogen-bond donors (Lipinski definition) is 1. The maximum absolute atomic E-state index is 14.2. The molecule has 5 heteroatoms. The van der Waals surface area contributed by atoms with Crippen molar-refractivity contribution in [2.24, 2.45) is 0 Å². The number of nitrogens with one attached hydrogen (secondary N) is 1. The molecule has 1 aromatic carbocycles. The van der Waals surface area contributed by atoms with E-state index in [9.17, 15) is 4.39 Å². The van der Waals surface area contributed by atoms with Gasteiger partial charge in [0.25, 0.3) is 0 Å². The third-order valence-electron chi connectivity index (χ3n) is 3.04. The largest absolute Gasteiger partial charge is 0.497 e. The number of rotatable bonds is 4. The van der Waals surface area contributed by atoms with Crippen molar-refractivity contribution in [1.82, 2.24) is 5.32 Å². The highest BCUT2D eigenvalue weighted by Gasteiger charge is 2.20. The van der Waals surface area contributed by atoms with Crippen LogP contribution in [0.3, 0.4) is 0 Å². The van der Waals surface area contributed by atoms with Crippen LogP contribution < -0.4 is 10.1 Å². The lowest BCUT2D eigenvalue weighted by Gasteiger charge is -2.18. The highest BCUT2D eigenvalue weighted by atomic mass is 79.9. The summed E-state index contributed by atoms with van der Waals surface area (Å²) in [7, 11) is 3.36. The maximum atomic E-state index is 14.2. The smallest absolute Gasteiger partial charge is 0.132 e. The Kier molecular flexibility index (Phi) is 4.60. The Morgan fingerprint density at radius 1 is 1.32 bits per heavy atom. The van der Waals surface area contributed by atoms with Crippen molar-refractivity contribution >= 4 is 27.3 Å². The summed E-state index contributed by atoms with van der Waals surface area (Å²) in [6, 6.07) is 6.83. The van der Waals surface area contributed by atoms with Crippen LogP contribution in [-0.2, 0) is 0 Å². The van der Waals surface area contributed by atoms with Crippen molar-refractivity contribution in [3.05, 3.63) is 49.9 Å². The molecule has 1 unspecified atom stereocenters. The molecule has 0 radical (unpaired) electrons. The van der Waals surface area contributed by atoms with Crippen LogP contribution in [0.1, 0.15) is 22.0 Å². The molecule has 0 bridgehead atoms. The van der Waals surface area contributed by atoms with Gasteiger partial charge in [0.05, 0.1) is 16.9 Å². The van der Waals surface area contributed by atoms with E-state index in [4.69, 9.17) is 4.74 Å². The standard InChI is InChI=1S/C14H15BrFNOS/c1-8-11(7-13(15)19-8)14(17-2)10-5-4-9(18-3)6-12(10)16/h4-7,14,17H,1-3H3. The van der Waals surface area contributed by atoms with Gasteiger partial charge in [0, 0.05) is 16.5 Å². The van der Waals surface area contributed by atoms with Gasteiger partial charge in [-0.25, -0.2) is 4.39 Å². The van der Waals surface area contributed by atoms with Crippen LogP contribution >= 0.6 is 27.3 Å². The molecule has 2 aromatic rings. The zero-order valence-corrected chi connectivity index (χ0v) is 13.4. The predicted molar refractivity (Wildman–Crippen MR) is 80.6 cm³/mol. The van der Waals surface area contributed by atoms with E-state index in [1.54, 1.807) is 23.5 Å². The molecule has 1 aromatic heterocycles. The highest BCUT2D eigenvalue weighted by molar-refractivity contribution is 9.11. The van der Waals surface area contributed by atoms with E-state index in [0.717, 1.165) is 9.35 Å². The Bertz CT molecular complexity index is 585. The van der Waals surface area contributed by atoms with Crippen LogP contribution in [0.4, 0.5) is 4.39 Å². The van der Waals surface area contributed by atoms with Gasteiger partial charge in [-0.2, -0.15) is 0 Å². The number of ether oxygens (including phenoxy) is 1. The second-order valence-electron chi connectivity index (χ2n) is 4.17. The molecule has 0 saturated carbocycles. The molecule has 0 spiro atoms. The van der Waals surface area contributed by atoms with Crippen LogP contribution in [0.25, 0.3) is 0 Å². The average molecular weight is 344 g/mol. The van der Waals surface area contributed by atoms with Crippen molar-refractivity contribution in [2.75, 3.05) is 14.2 Å². The molecule has 2 nitrogen and oxygen atoms in total. The monoisotopic (exact) mass is 343 g/mol. The van der Waals surface area contributed by atoms with Gasteiger partial charge in [0.2, 0.25) is 0 Å². The predicted octanol–water partition coefficient (Wildman–Crippen LogP) is 4.28. The summed E-state index contributed by atoms with van der Waals surface area (Å²) in [5.41, 5.74) is 1.71. The van der Waals surface area contributed by atoms with Crippen LogP contribution in [0.5, 0.6) is 5.75 Å². The fourth-order valence-electron chi connectivity index (χ4n) is 2.09. The van der Waals surface area contributed by atoms with Gasteiger partial charge in [-0.1, -0.05) is 6.07 Å². The molecule has 0 aliphatic heterocycles. The normalized spacial score (nSPS) is 12.5. The van der Waals surface area contributed by atoms with Crippen molar-refractivity contribution in [2.45, 2.75) is 13.0 Å². The SMILES string of the molecule is CNC(c1ccc(OC)cc1F)c1cc(Br)sc1C. The molecule has 1 atom stereocenters. The topological polar surface area (TPSA) is 21.3 Å². The van der Waals surface area contributed by atoms with Crippen LogP contribution in [0.15, 0.2) is 28.1 Å². The van der Waals surface area contributed by atoms with Gasteiger partial charge in [-0.3, -0.25) is 0 Å². The van der Waals surface area contributed by atoms with Gasteiger partial charge in [0.15, 0.2) is 0 Å². The zero-order chi connectivity index (χ0) is 14.0. The van der Waals surface area contributed by atoms with Gasteiger partial charge in [0.1, 0.15) is 11.6 Å². The van der Waals surface area contributed by atoms with E-state index in [2.05, 4.69) is 21.2 Å². The van der Waals surface area contributed by atoms with E-state index in [-0.39, 0.29) is 11.9 Å². The van der Waals surface area contributed by atoms with Crippen LogP contribution in [0.2, 0.25) is 0 Å². The second-order valence-corrected chi connectivity index (χ2v) is 6.81. The summed E-state index contributed by atoms with van der Waals surface area (Å²) in [4.78, 5) is 1.17. The molecule has 0 aliphatic rings. The van der Waals surface area contributed by atoms with Gasteiger partial charge in [-0.15, -0.1) is 11.3 Å². The lowest BCUT2D eigenvalue weighted by atomic mass is 9.99. The summed E-state index contributed by atoms with van der Waals surface area (Å²) in [5, 5.41) is 3.17. The summed E-state index contributed by atoms with van der Waals surface area (Å²) in [5.74, 6) is 0.264. The molecule has 102 valence electrons. The second kappa shape index (κ2) is 6.03. The number of benzene rings is 1. The van der Waals surface area contributed by atoms with Crippen molar-refractivity contribution in [3.63, 3.8) is 0 Å². The number of halogens is 2. The van der Waals surface area contributed by atoms with Crippen molar-refractivity contribution in [3.8, 4) is 5.75 Å². The molecule has 2 rings (SSSR count). The summed E-state index contributed by atoms with van der Waals surface area (Å²) < 4.78 is 20.3. The van der Waals surface area contributed by atoms with Gasteiger partial charge < -0.3 is 10.1 Å². The fraction of sp³-hybridized carbons (Fsp3) is 0.286. The minimum Gasteiger partial charge on any atom is -0.497 e. The van der Waals surface area contributed by atoms with Gasteiger partial charge >= 0.3 is 0 Å². The molecule has 0 aliphatic carbocycles. The van der Waals surface area contributed by atoms with E-state index in [1.807, 2.05) is 20.0 Å². The Morgan fingerprint density at radius 3 is 2.53 bits per heavy atom. The lowest BCUT2D eigenvalue weighted by molar-refractivity contribution is 0.410. The number of aryl methyl sites for hydroxylation is 1. The summed E-state index contributed by atoms with van der Waals surface area (Å²) in [6.45, 7) is 2.04. The van der Waals surface area contributed by atoms with E-state index in [1.165, 1.54) is 18.1 Å². The minimum absolute atomic E-state index is 0.159. The third-order valence-corrected chi connectivity index (χ3v) is 4.61. The van der Waals surface area contributed by atoms with Crippen molar-refractivity contribution < 1.29 is 9.13 Å². The molecule has 19 heavy (non-hydrogen) atoms. The first-order chi connectivity index (χ1) is 9.06. The third kappa shape index (κ3) is 2.99. The molecule has 0 saturated heterocycles. The van der Waals surface area contributed by atoms with E-state index < -0.39 is 0 Å². The molecule has 0 fully saturated rings. The molecular weight excluding hydrogens is 329 g/mol. The first kappa shape index (κ1) is 14.5. The Morgan fingerprint density at radius 2 is 2.05 bits per heavy atom. The molecular formula is C14H15BrFNOS. The van der Waals surface area contributed by atoms with Crippen LogP contribution in [0, 0.1) is 12.7 Å². The minimum atomic E-state index is -0.263. The quantitative estimate of drug-likeness (QED) is 0.894. The molecule has 1 N–H and O–H groups in total. The van der Waals surface area contributed by atoms with Crippen molar-refractivity contribution in [1.29, 1.82) is 0 Å². The average Bonchev–Trinajstić information content (AvgIpc) is 2.71. The number of thiophene rings is 1. The summed E-state index contributed by atoms with van der Waals surface area (Å²) in [6.07, 6.45) is 0. The molecule has 1 heterocycles. The Balaban J connectivity index is 2.45. The number of hydrogen-bond acceptors (Lipinski definition) is 3. The fourth-order valence-corrected chi connectivity index (χ4v) is 3.84. The van der Waals surface area contributed by atoms with E-state index >= 15 is 0 Å². The number of methoxy groups -OCH3 is 1. The van der Waals surface area contributed by atoms with E-state index in [0.29, 0.717) is 11.3 Å². The first-order valence-corrected chi connectivity index (χ1v) is 7.44. The zero-order valence-electron chi connectivity index (χ0n) is 11.0. The lowest BCUT2D eigenvalue weighted by Crippen LogP contribution is -2.19. The maximum Gasteiger partial charge on any atom is 0.132 e. The highest BCUT2D eigenvalue weighted by Crippen LogP contribution is 2.35. The molecule has 0 amide bonds. The van der Waals surface area contributed by atoms with Crippen LogP contribution in [-0.4, -0.2) is 14.2 Å². The first-order valence-electron chi connectivity index (χ1n) is 5.83. The van der Waals surface area contributed by atoms with Gasteiger partial charge in [-0.05, 0) is 47.6 Å². The Hall–Kier alpha value is -0.910. The summed E-state index contributed by atoms with van der Waals surface area (Å²) >= 11 is 5.12. The Labute approximate surface area is 124 Å².